The molecular formula is C22H22F2N2O2S2. The number of benzene rings is 2. The van der Waals surface area contributed by atoms with Crippen LogP contribution in [0.4, 0.5) is 14.5 Å². The Morgan fingerprint density at radius 3 is 2.47 bits per heavy atom. The molecule has 0 aliphatic carbocycles. The third-order valence-electron chi connectivity index (χ3n) is 5.37. The second kappa shape index (κ2) is 8.45. The summed E-state index contributed by atoms with van der Waals surface area (Å²) in [5, 5.41) is 3.22. The van der Waals surface area contributed by atoms with Gasteiger partial charge in [-0.05, 0) is 36.2 Å². The fourth-order valence-corrected chi connectivity index (χ4v) is 6.70. The van der Waals surface area contributed by atoms with Gasteiger partial charge < -0.3 is 5.32 Å². The number of anilines is 1. The first-order valence-corrected chi connectivity index (χ1v) is 12.0. The minimum absolute atomic E-state index is 0.125. The Bertz CT molecular complexity index is 1130. The van der Waals surface area contributed by atoms with Gasteiger partial charge in [0.2, 0.25) is 0 Å². The number of nitrogens with zero attached hydrogens (tertiary/aromatic N) is 1. The van der Waals surface area contributed by atoms with Crippen LogP contribution in [0.5, 0.6) is 0 Å². The number of sulfonamides is 1. The number of hydrogen-bond acceptors (Lipinski definition) is 4. The van der Waals surface area contributed by atoms with Crippen LogP contribution in [-0.4, -0.2) is 31.9 Å². The van der Waals surface area contributed by atoms with Crippen LogP contribution in [0.15, 0.2) is 64.9 Å². The van der Waals surface area contributed by atoms with Gasteiger partial charge in [0.1, 0.15) is 4.21 Å². The van der Waals surface area contributed by atoms with Gasteiger partial charge in [0.05, 0.1) is 0 Å². The van der Waals surface area contributed by atoms with E-state index in [2.05, 4.69) is 5.32 Å². The standard InChI is InChI=1S/C22H22F2N2O2S2/c1-2-17-9-11-22(29-17)30(27,28)26-13-18(15-6-4-3-5-7-15)21(14-26)25-16-8-10-19(23)20(24)12-16/h3-12,18,21,25H,2,13-14H2,1H3. The minimum Gasteiger partial charge on any atom is -0.380 e. The molecule has 0 bridgehead atoms. The van der Waals surface area contributed by atoms with Crippen LogP contribution in [0.1, 0.15) is 23.3 Å². The van der Waals surface area contributed by atoms with E-state index in [1.807, 2.05) is 43.3 Å². The zero-order chi connectivity index (χ0) is 21.3. The smallest absolute Gasteiger partial charge is 0.252 e. The number of hydrogen-bond donors (Lipinski definition) is 1. The molecule has 3 aromatic rings. The Labute approximate surface area is 179 Å². The minimum atomic E-state index is -3.63. The highest BCUT2D eigenvalue weighted by Crippen LogP contribution is 2.35. The molecule has 0 radical (unpaired) electrons. The van der Waals surface area contributed by atoms with Gasteiger partial charge in [-0.3, -0.25) is 0 Å². The molecule has 1 N–H and O–H groups in total. The van der Waals surface area contributed by atoms with E-state index in [-0.39, 0.29) is 18.5 Å². The zero-order valence-electron chi connectivity index (χ0n) is 16.4. The summed E-state index contributed by atoms with van der Waals surface area (Å²) < 4.78 is 55.3. The van der Waals surface area contributed by atoms with E-state index in [4.69, 9.17) is 0 Å². The maximum Gasteiger partial charge on any atom is 0.252 e. The lowest BCUT2D eigenvalue weighted by atomic mass is 9.94. The lowest BCUT2D eigenvalue weighted by Gasteiger charge is -2.21. The molecule has 158 valence electrons. The van der Waals surface area contributed by atoms with E-state index < -0.39 is 21.7 Å². The van der Waals surface area contributed by atoms with E-state index in [1.165, 1.54) is 21.7 Å². The molecule has 0 amide bonds. The number of thiophene rings is 1. The van der Waals surface area contributed by atoms with Crippen LogP contribution in [0.2, 0.25) is 0 Å². The fraction of sp³-hybridized carbons (Fsp3) is 0.273. The second-order valence-corrected chi connectivity index (χ2v) is 10.6. The zero-order valence-corrected chi connectivity index (χ0v) is 18.0. The normalized spacial score (nSPS) is 19.8. The van der Waals surface area contributed by atoms with E-state index >= 15 is 0 Å². The molecule has 1 fully saturated rings. The first-order chi connectivity index (χ1) is 14.4. The van der Waals surface area contributed by atoms with Gasteiger partial charge in [0, 0.05) is 41.7 Å². The van der Waals surface area contributed by atoms with Crippen molar-refractivity contribution in [3.8, 4) is 0 Å². The van der Waals surface area contributed by atoms with Crippen LogP contribution in [0.25, 0.3) is 0 Å². The molecule has 2 aromatic carbocycles. The Balaban J connectivity index is 1.64. The van der Waals surface area contributed by atoms with Gasteiger partial charge in [-0.25, -0.2) is 17.2 Å². The number of aryl methyl sites for hydroxylation is 1. The first kappa shape index (κ1) is 21.0. The van der Waals surface area contributed by atoms with Crippen molar-refractivity contribution >= 4 is 27.0 Å². The van der Waals surface area contributed by atoms with E-state index in [0.29, 0.717) is 16.4 Å². The summed E-state index contributed by atoms with van der Waals surface area (Å²) in [7, 11) is -3.63. The van der Waals surface area contributed by atoms with Crippen molar-refractivity contribution in [3.05, 3.63) is 82.7 Å². The van der Waals surface area contributed by atoms with Crippen LogP contribution in [-0.2, 0) is 16.4 Å². The molecule has 2 heterocycles. The van der Waals surface area contributed by atoms with Crippen LogP contribution in [0.3, 0.4) is 0 Å². The van der Waals surface area contributed by atoms with Gasteiger partial charge in [0.15, 0.2) is 11.6 Å². The maximum atomic E-state index is 13.7. The topological polar surface area (TPSA) is 49.4 Å². The van der Waals surface area contributed by atoms with Crippen LogP contribution in [0, 0.1) is 11.6 Å². The molecule has 4 nitrogen and oxygen atoms in total. The fourth-order valence-electron chi connectivity index (χ4n) is 3.76. The third-order valence-corrected chi connectivity index (χ3v) is 8.89. The Kier molecular flexibility index (Phi) is 5.90. The third kappa shape index (κ3) is 4.12. The molecule has 2 unspecified atom stereocenters. The molecule has 1 aliphatic heterocycles. The summed E-state index contributed by atoms with van der Waals surface area (Å²) in [4.78, 5) is 1.02. The molecular weight excluding hydrogens is 426 g/mol. The molecule has 1 saturated heterocycles. The summed E-state index contributed by atoms with van der Waals surface area (Å²) >= 11 is 1.29. The molecule has 0 saturated carbocycles. The molecule has 4 rings (SSSR count). The summed E-state index contributed by atoms with van der Waals surface area (Å²) in [6.45, 7) is 2.54. The highest BCUT2D eigenvalue weighted by molar-refractivity contribution is 7.91. The van der Waals surface area contributed by atoms with Crippen LogP contribution >= 0.6 is 11.3 Å². The summed E-state index contributed by atoms with van der Waals surface area (Å²) in [6.07, 6.45) is 0.785. The highest BCUT2D eigenvalue weighted by Gasteiger charge is 2.40. The average Bonchev–Trinajstić information content (AvgIpc) is 3.39. The predicted molar refractivity (Wildman–Crippen MR) is 115 cm³/mol. The van der Waals surface area contributed by atoms with Crippen molar-refractivity contribution in [1.29, 1.82) is 0 Å². The van der Waals surface area contributed by atoms with Gasteiger partial charge in [-0.2, -0.15) is 4.31 Å². The predicted octanol–water partition coefficient (Wildman–Crippen LogP) is 4.86. The number of rotatable bonds is 6. The van der Waals surface area contributed by atoms with Gasteiger partial charge in [0.25, 0.3) is 10.0 Å². The molecule has 30 heavy (non-hydrogen) atoms. The quantitative estimate of drug-likeness (QED) is 0.586. The van der Waals surface area contributed by atoms with E-state index in [9.17, 15) is 17.2 Å². The summed E-state index contributed by atoms with van der Waals surface area (Å²) in [5.41, 5.74) is 1.42. The van der Waals surface area contributed by atoms with Crippen molar-refractivity contribution < 1.29 is 17.2 Å². The van der Waals surface area contributed by atoms with Crippen molar-refractivity contribution in [1.82, 2.24) is 4.31 Å². The maximum absolute atomic E-state index is 13.7. The van der Waals surface area contributed by atoms with Crippen molar-refractivity contribution in [2.45, 2.75) is 29.5 Å². The Hall–Kier alpha value is -2.29. The number of nitrogens with one attached hydrogen (secondary N) is 1. The second-order valence-electron chi connectivity index (χ2n) is 7.29. The van der Waals surface area contributed by atoms with E-state index in [0.717, 1.165) is 29.0 Å². The first-order valence-electron chi connectivity index (χ1n) is 9.74. The molecule has 1 aromatic heterocycles. The molecule has 0 spiro atoms. The van der Waals surface area contributed by atoms with Crippen LogP contribution < -0.4 is 5.32 Å². The highest BCUT2D eigenvalue weighted by atomic mass is 32.2. The SMILES string of the molecule is CCc1ccc(S(=O)(=O)N2CC(Nc3ccc(F)c(F)c3)C(c3ccccc3)C2)s1. The summed E-state index contributed by atoms with van der Waals surface area (Å²) in [5.74, 6) is -1.98. The summed E-state index contributed by atoms with van der Waals surface area (Å²) in [6, 6.07) is 16.5. The molecule has 1 aliphatic rings. The van der Waals surface area contributed by atoms with Gasteiger partial charge in [-0.1, -0.05) is 37.3 Å². The number of halogens is 2. The van der Waals surface area contributed by atoms with Crippen molar-refractivity contribution in [2.24, 2.45) is 0 Å². The molecule has 2 atom stereocenters. The largest absolute Gasteiger partial charge is 0.380 e. The molecule has 8 heteroatoms. The lowest BCUT2D eigenvalue weighted by molar-refractivity contribution is 0.473. The lowest BCUT2D eigenvalue weighted by Crippen LogP contribution is -2.31. The van der Waals surface area contributed by atoms with Crippen molar-refractivity contribution in [3.63, 3.8) is 0 Å². The van der Waals surface area contributed by atoms with Gasteiger partial charge >= 0.3 is 0 Å². The average molecular weight is 449 g/mol. The van der Waals surface area contributed by atoms with Crippen molar-refractivity contribution in [2.75, 3.05) is 18.4 Å². The Morgan fingerprint density at radius 2 is 1.80 bits per heavy atom. The van der Waals surface area contributed by atoms with Gasteiger partial charge in [-0.15, -0.1) is 11.3 Å². The monoisotopic (exact) mass is 448 g/mol. The van der Waals surface area contributed by atoms with E-state index in [1.54, 1.807) is 6.07 Å². The Morgan fingerprint density at radius 1 is 1.03 bits per heavy atom.